The lowest BCUT2D eigenvalue weighted by Gasteiger charge is -2.13. The molecular formula is C17H18N4. The van der Waals surface area contributed by atoms with Crippen LogP contribution < -0.4 is 11.2 Å². The molecule has 2 aromatic carbocycles. The second-order valence-corrected chi connectivity index (χ2v) is 5.16. The zero-order valence-corrected chi connectivity index (χ0v) is 12.2. The van der Waals surface area contributed by atoms with Crippen molar-refractivity contribution in [1.82, 2.24) is 9.66 Å². The maximum absolute atomic E-state index is 5.89. The molecular weight excluding hydrogens is 260 g/mol. The quantitative estimate of drug-likeness (QED) is 0.719. The molecule has 4 nitrogen and oxygen atoms in total. The van der Waals surface area contributed by atoms with Gasteiger partial charge in [0.2, 0.25) is 0 Å². The maximum Gasteiger partial charge on any atom is 0.115 e. The average molecular weight is 278 g/mol. The number of anilines is 2. The second kappa shape index (κ2) is 5.32. The molecule has 0 bridgehead atoms. The van der Waals surface area contributed by atoms with Crippen molar-refractivity contribution in [3.63, 3.8) is 0 Å². The number of benzene rings is 2. The van der Waals surface area contributed by atoms with Crippen molar-refractivity contribution in [2.45, 2.75) is 13.8 Å². The largest absolute Gasteiger partial charge is 0.399 e. The van der Waals surface area contributed by atoms with Crippen LogP contribution in [-0.2, 0) is 0 Å². The van der Waals surface area contributed by atoms with Crippen LogP contribution in [0.3, 0.4) is 0 Å². The molecule has 0 spiro atoms. The van der Waals surface area contributed by atoms with E-state index < -0.39 is 0 Å². The number of nitrogens with two attached hydrogens (primary N) is 1. The summed E-state index contributed by atoms with van der Waals surface area (Å²) in [6.45, 7) is 4.07. The first kappa shape index (κ1) is 13.2. The summed E-state index contributed by atoms with van der Waals surface area (Å²) < 4.78 is 1.93. The molecule has 3 N–H and O–H groups in total. The summed E-state index contributed by atoms with van der Waals surface area (Å²) in [5.74, 6) is 0. The number of aryl methyl sites for hydroxylation is 2. The van der Waals surface area contributed by atoms with Gasteiger partial charge in [0.05, 0.1) is 17.1 Å². The molecule has 21 heavy (non-hydrogen) atoms. The van der Waals surface area contributed by atoms with Gasteiger partial charge in [-0.25, -0.2) is 9.66 Å². The summed E-state index contributed by atoms with van der Waals surface area (Å²) in [6.07, 6.45) is 1.79. The van der Waals surface area contributed by atoms with Crippen LogP contribution in [0.25, 0.3) is 11.3 Å². The number of hydrogen-bond acceptors (Lipinski definition) is 3. The van der Waals surface area contributed by atoms with Gasteiger partial charge in [-0.1, -0.05) is 24.3 Å². The van der Waals surface area contributed by atoms with Gasteiger partial charge in [0.15, 0.2) is 0 Å². The maximum atomic E-state index is 5.89. The first-order valence-electron chi connectivity index (χ1n) is 6.87. The predicted octanol–water partition coefficient (Wildman–Crippen LogP) is 3.62. The molecule has 0 radical (unpaired) electrons. The minimum absolute atomic E-state index is 0.746. The van der Waals surface area contributed by atoms with Crippen molar-refractivity contribution >= 4 is 11.4 Å². The lowest BCUT2D eigenvalue weighted by molar-refractivity contribution is 0.962. The first-order chi connectivity index (χ1) is 10.1. The van der Waals surface area contributed by atoms with Crippen molar-refractivity contribution in [3.05, 3.63) is 66.1 Å². The number of nitrogens with zero attached hydrogens (tertiary/aromatic N) is 2. The fourth-order valence-corrected chi connectivity index (χ4v) is 2.41. The van der Waals surface area contributed by atoms with Crippen LogP contribution in [0.2, 0.25) is 0 Å². The van der Waals surface area contributed by atoms with E-state index >= 15 is 0 Å². The van der Waals surface area contributed by atoms with Gasteiger partial charge >= 0.3 is 0 Å². The molecule has 1 aromatic heterocycles. The number of rotatable bonds is 3. The number of aromatic nitrogens is 2. The van der Waals surface area contributed by atoms with Crippen molar-refractivity contribution in [2.24, 2.45) is 0 Å². The lowest BCUT2D eigenvalue weighted by atomic mass is 10.1. The van der Waals surface area contributed by atoms with E-state index in [-0.39, 0.29) is 0 Å². The van der Waals surface area contributed by atoms with Crippen LogP contribution >= 0.6 is 0 Å². The minimum atomic E-state index is 0.746. The van der Waals surface area contributed by atoms with Crippen LogP contribution in [0.5, 0.6) is 0 Å². The van der Waals surface area contributed by atoms with Gasteiger partial charge in [-0.05, 0) is 43.7 Å². The molecule has 0 aliphatic carbocycles. The second-order valence-electron chi connectivity index (χ2n) is 5.16. The van der Waals surface area contributed by atoms with Crippen LogP contribution in [0.1, 0.15) is 11.3 Å². The Labute approximate surface area is 124 Å². The highest BCUT2D eigenvalue weighted by Gasteiger charge is 2.10. The summed E-state index contributed by atoms with van der Waals surface area (Å²) >= 11 is 0. The monoisotopic (exact) mass is 278 g/mol. The molecule has 3 rings (SSSR count). The first-order valence-corrected chi connectivity index (χ1v) is 6.87. The Hall–Kier alpha value is -2.75. The Morgan fingerprint density at radius 1 is 1.05 bits per heavy atom. The van der Waals surface area contributed by atoms with Gasteiger partial charge in [0, 0.05) is 11.3 Å². The molecule has 0 aliphatic heterocycles. The van der Waals surface area contributed by atoms with Gasteiger partial charge in [-0.2, -0.15) is 0 Å². The molecule has 1 heterocycles. The molecule has 106 valence electrons. The van der Waals surface area contributed by atoms with Crippen molar-refractivity contribution in [1.29, 1.82) is 0 Å². The zero-order valence-electron chi connectivity index (χ0n) is 12.2. The van der Waals surface area contributed by atoms with Crippen LogP contribution in [-0.4, -0.2) is 9.66 Å². The molecule has 3 aromatic rings. The van der Waals surface area contributed by atoms with Crippen LogP contribution in [0.15, 0.2) is 54.9 Å². The Kier molecular flexibility index (Phi) is 3.36. The van der Waals surface area contributed by atoms with Crippen molar-refractivity contribution in [3.8, 4) is 11.3 Å². The lowest BCUT2D eigenvalue weighted by Crippen LogP contribution is -2.09. The average Bonchev–Trinajstić information content (AvgIpc) is 2.80. The third kappa shape index (κ3) is 2.74. The summed E-state index contributed by atoms with van der Waals surface area (Å²) in [7, 11) is 0. The molecule has 0 saturated heterocycles. The summed E-state index contributed by atoms with van der Waals surface area (Å²) in [4.78, 5) is 4.40. The SMILES string of the molecule is Cc1cccc(Nn2cnc(C)c2-c2cccc(N)c2)c1. The summed E-state index contributed by atoms with van der Waals surface area (Å²) in [5.41, 5.74) is 15.3. The van der Waals surface area contributed by atoms with E-state index in [9.17, 15) is 0 Å². The smallest absolute Gasteiger partial charge is 0.115 e. The fourth-order valence-electron chi connectivity index (χ4n) is 2.41. The minimum Gasteiger partial charge on any atom is -0.399 e. The normalized spacial score (nSPS) is 10.6. The zero-order chi connectivity index (χ0) is 14.8. The third-order valence-corrected chi connectivity index (χ3v) is 3.38. The summed E-state index contributed by atoms with van der Waals surface area (Å²) in [6, 6.07) is 16.1. The highest BCUT2D eigenvalue weighted by Crippen LogP contribution is 2.25. The molecule has 0 amide bonds. The van der Waals surface area contributed by atoms with Crippen LogP contribution in [0.4, 0.5) is 11.4 Å². The molecule has 0 fully saturated rings. The van der Waals surface area contributed by atoms with Gasteiger partial charge in [-0.15, -0.1) is 0 Å². The van der Waals surface area contributed by atoms with Gasteiger partial charge in [0.25, 0.3) is 0 Å². The number of hydrogen-bond donors (Lipinski definition) is 2. The molecule has 4 heteroatoms. The molecule has 0 unspecified atom stereocenters. The van der Waals surface area contributed by atoms with Crippen LogP contribution in [0, 0.1) is 13.8 Å². The third-order valence-electron chi connectivity index (χ3n) is 3.38. The Morgan fingerprint density at radius 3 is 2.62 bits per heavy atom. The van der Waals surface area contributed by atoms with Crippen molar-refractivity contribution in [2.75, 3.05) is 11.2 Å². The van der Waals surface area contributed by atoms with E-state index in [1.54, 1.807) is 6.33 Å². The predicted molar refractivity (Wildman–Crippen MR) is 87.0 cm³/mol. The van der Waals surface area contributed by atoms with E-state index in [1.165, 1.54) is 5.56 Å². The van der Waals surface area contributed by atoms with Gasteiger partial charge in [0.1, 0.15) is 6.33 Å². The van der Waals surface area contributed by atoms with E-state index in [4.69, 9.17) is 5.73 Å². The number of nitrogens with one attached hydrogen (secondary N) is 1. The van der Waals surface area contributed by atoms with E-state index in [2.05, 4.69) is 29.5 Å². The van der Waals surface area contributed by atoms with Gasteiger partial charge < -0.3 is 5.73 Å². The van der Waals surface area contributed by atoms with E-state index in [0.29, 0.717) is 0 Å². The highest BCUT2D eigenvalue weighted by atomic mass is 15.4. The van der Waals surface area contributed by atoms with Gasteiger partial charge in [-0.3, -0.25) is 5.43 Å². The Bertz CT molecular complexity index is 774. The summed E-state index contributed by atoms with van der Waals surface area (Å²) in [5, 5.41) is 0. The standard InChI is InChI=1S/C17H18N4/c1-12-5-3-8-16(9-12)20-21-11-19-13(2)17(21)14-6-4-7-15(18)10-14/h3-11,20H,18H2,1-2H3. The van der Waals surface area contributed by atoms with Crippen molar-refractivity contribution < 1.29 is 0 Å². The topological polar surface area (TPSA) is 55.9 Å². The van der Waals surface area contributed by atoms with E-state index in [0.717, 1.165) is 28.3 Å². The molecule has 0 saturated carbocycles. The Balaban J connectivity index is 2.01. The van der Waals surface area contributed by atoms with E-state index in [1.807, 2.05) is 48.0 Å². The number of imidazole rings is 1. The molecule has 0 atom stereocenters. The highest BCUT2D eigenvalue weighted by molar-refractivity contribution is 5.67. The Morgan fingerprint density at radius 2 is 1.86 bits per heavy atom. The molecule has 0 aliphatic rings. The number of nitrogen functional groups attached to an aromatic ring is 1. The fraction of sp³-hybridized carbons (Fsp3) is 0.118.